The molecule has 0 amide bonds. The molecule has 1 aromatic carbocycles. The molecule has 0 bridgehead atoms. The normalized spacial score (nSPS) is 10.6. The minimum atomic E-state index is 0.311. The van der Waals surface area contributed by atoms with E-state index in [0.717, 1.165) is 0 Å². The number of benzene rings is 1. The predicted octanol–water partition coefficient (Wildman–Crippen LogP) is 3.12. The van der Waals surface area contributed by atoms with Gasteiger partial charge in [0.05, 0.1) is 22.8 Å². The van der Waals surface area contributed by atoms with Crippen LogP contribution >= 0.6 is 23.2 Å². The fourth-order valence-corrected chi connectivity index (χ4v) is 1.90. The fraction of sp³-hybridized carbons (Fsp3) is 0.182. The van der Waals surface area contributed by atoms with Crippen LogP contribution in [0.2, 0.25) is 10.0 Å². The van der Waals surface area contributed by atoms with Gasteiger partial charge in [0.2, 0.25) is 0 Å². The number of hydrogen-bond donors (Lipinski definition) is 1. The Morgan fingerprint density at radius 2 is 2.06 bits per heavy atom. The highest BCUT2D eigenvalue weighted by molar-refractivity contribution is 6.36. The first kappa shape index (κ1) is 12.2. The van der Waals surface area contributed by atoms with Gasteiger partial charge in [0, 0.05) is 24.2 Å². The highest BCUT2D eigenvalue weighted by atomic mass is 35.5. The molecule has 17 heavy (non-hydrogen) atoms. The Balaban J connectivity index is 2.48. The average Bonchev–Trinajstić information content (AvgIpc) is 2.80. The highest BCUT2D eigenvalue weighted by Gasteiger charge is 2.13. The molecule has 0 unspecified atom stereocenters. The van der Waals surface area contributed by atoms with Gasteiger partial charge in [-0.2, -0.15) is 0 Å². The Bertz CT molecular complexity index is 540. The van der Waals surface area contributed by atoms with Crippen molar-refractivity contribution in [2.45, 2.75) is 6.54 Å². The molecule has 0 aliphatic heterocycles. The van der Waals surface area contributed by atoms with E-state index in [0.29, 0.717) is 39.4 Å². The SMILES string of the molecule is COc1cc(Cl)c(-c2cc(CN)no2)cc1Cl. The molecule has 0 aliphatic rings. The molecule has 2 rings (SSSR count). The molecule has 0 radical (unpaired) electrons. The van der Waals surface area contributed by atoms with E-state index in [1.165, 1.54) is 7.11 Å². The van der Waals surface area contributed by atoms with E-state index in [1.54, 1.807) is 18.2 Å². The van der Waals surface area contributed by atoms with Crippen LogP contribution < -0.4 is 10.5 Å². The number of halogens is 2. The summed E-state index contributed by atoms with van der Waals surface area (Å²) >= 11 is 12.1. The van der Waals surface area contributed by atoms with Crippen molar-refractivity contribution in [1.29, 1.82) is 0 Å². The summed E-state index contributed by atoms with van der Waals surface area (Å²) in [5, 5.41) is 4.73. The first-order chi connectivity index (χ1) is 8.15. The molecule has 2 aromatic rings. The molecule has 0 saturated heterocycles. The van der Waals surface area contributed by atoms with E-state index >= 15 is 0 Å². The molecule has 0 aliphatic carbocycles. The van der Waals surface area contributed by atoms with Crippen LogP contribution in [-0.4, -0.2) is 12.3 Å². The van der Waals surface area contributed by atoms with Gasteiger partial charge in [0.1, 0.15) is 5.75 Å². The number of ether oxygens (including phenoxy) is 1. The largest absolute Gasteiger partial charge is 0.495 e. The zero-order valence-corrected chi connectivity index (χ0v) is 10.5. The Morgan fingerprint density at radius 3 is 2.65 bits per heavy atom. The molecule has 0 saturated carbocycles. The van der Waals surface area contributed by atoms with Crippen LogP contribution in [0.25, 0.3) is 11.3 Å². The van der Waals surface area contributed by atoms with E-state index in [4.69, 9.17) is 38.2 Å². The van der Waals surface area contributed by atoms with Gasteiger partial charge in [0.25, 0.3) is 0 Å². The topological polar surface area (TPSA) is 61.3 Å². The van der Waals surface area contributed by atoms with Crippen molar-refractivity contribution in [1.82, 2.24) is 5.16 Å². The third-order valence-electron chi connectivity index (χ3n) is 2.28. The Hall–Kier alpha value is -1.23. The van der Waals surface area contributed by atoms with Gasteiger partial charge in [-0.25, -0.2) is 0 Å². The molecule has 0 fully saturated rings. The summed E-state index contributed by atoms with van der Waals surface area (Å²) < 4.78 is 10.2. The number of nitrogens with two attached hydrogens (primary N) is 1. The summed E-state index contributed by atoms with van der Waals surface area (Å²) in [4.78, 5) is 0. The molecule has 1 heterocycles. The van der Waals surface area contributed by atoms with Crippen molar-refractivity contribution >= 4 is 23.2 Å². The van der Waals surface area contributed by atoms with Gasteiger partial charge >= 0.3 is 0 Å². The lowest BCUT2D eigenvalue weighted by atomic mass is 10.1. The fourth-order valence-electron chi connectivity index (χ4n) is 1.41. The van der Waals surface area contributed by atoms with Gasteiger partial charge in [-0.15, -0.1) is 0 Å². The first-order valence-electron chi connectivity index (χ1n) is 4.84. The Kier molecular flexibility index (Phi) is 3.57. The molecule has 6 heteroatoms. The van der Waals surface area contributed by atoms with Gasteiger partial charge in [-0.1, -0.05) is 28.4 Å². The highest BCUT2D eigenvalue weighted by Crippen LogP contribution is 2.36. The summed E-state index contributed by atoms with van der Waals surface area (Å²) in [6.45, 7) is 0.311. The van der Waals surface area contributed by atoms with Crippen LogP contribution in [0.15, 0.2) is 22.7 Å². The Morgan fingerprint density at radius 1 is 1.29 bits per heavy atom. The summed E-state index contributed by atoms with van der Waals surface area (Å²) in [6.07, 6.45) is 0. The van der Waals surface area contributed by atoms with Crippen LogP contribution in [0.5, 0.6) is 5.75 Å². The molecule has 2 N–H and O–H groups in total. The van der Waals surface area contributed by atoms with Crippen molar-refractivity contribution in [3.63, 3.8) is 0 Å². The number of aromatic nitrogens is 1. The first-order valence-corrected chi connectivity index (χ1v) is 5.60. The van der Waals surface area contributed by atoms with E-state index in [9.17, 15) is 0 Å². The molecule has 4 nitrogen and oxygen atoms in total. The summed E-state index contributed by atoms with van der Waals surface area (Å²) in [7, 11) is 1.53. The van der Waals surface area contributed by atoms with Crippen molar-refractivity contribution in [2.24, 2.45) is 5.73 Å². The van der Waals surface area contributed by atoms with Crippen LogP contribution in [0, 0.1) is 0 Å². The summed E-state index contributed by atoms with van der Waals surface area (Å²) in [6, 6.07) is 5.03. The lowest BCUT2D eigenvalue weighted by Gasteiger charge is -2.06. The standard InChI is InChI=1S/C11H10Cl2N2O2/c1-16-11-4-8(12)7(3-9(11)13)10-2-6(5-14)15-17-10/h2-4H,5,14H2,1H3. The summed E-state index contributed by atoms with van der Waals surface area (Å²) in [5.41, 5.74) is 6.77. The zero-order valence-electron chi connectivity index (χ0n) is 9.04. The van der Waals surface area contributed by atoms with Crippen LogP contribution in [-0.2, 0) is 6.54 Å². The van der Waals surface area contributed by atoms with Crippen molar-refractivity contribution in [3.05, 3.63) is 33.9 Å². The molecular weight excluding hydrogens is 263 g/mol. The number of methoxy groups -OCH3 is 1. The molecule has 0 spiro atoms. The lowest BCUT2D eigenvalue weighted by molar-refractivity contribution is 0.414. The van der Waals surface area contributed by atoms with E-state index in [1.807, 2.05) is 0 Å². The molecular formula is C11H10Cl2N2O2. The van der Waals surface area contributed by atoms with Crippen molar-refractivity contribution in [2.75, 3.05) is 7.11 Å². The predicted molar refractivity (Wildman–Crippen MR) is 66.4 cm³/mol. The third kappa shape index (κ3) is 2.39. The minimum Gasteiger partial charge on any atom is -0.495 e. The van der Waals surface area contributed by atoms with Crippen LogP contribution in [0.1, 0.15) is 5.69 Å². The second kappa shape index (κ2) is 4.96. The van der Waals surface area contributed by atoms with Crippen LogP contribution in [0.3, 0.4) is 0 Å². The maximum absolute atomic E-state index is 6.11. The number of hydrogen-bond acceptors (Lipinski definition) is 4. The molecule has 90 valence electrons. The minimum absolute atomic E-state index is 0.311. The Labute approximate surface area is 108 Å². The van der Waals surface area contributed by atoms with Gasteiger partial charge in [-0.05, 0) is 6.07 Å². The zero-order chi connectivity index (χ0) is 12.4. The number of rotatable bonds is 3. The van der Waals surface area contributed by atoms with Crippen molar-refractivity contribution in [3.8, 4) is 17.1 Å². The smallest absolute Gasteiger partial charge is 0.168 e. The van der Waals surface area contributed by atoms with E-state index in [-0.39, 0.29) is 0 Å². The van der Waals surface area contributed by atoms with Crippen molar-refractivity contribution < 1.29 is 9.26 Å². The lowest BCUT2D eigenvalue weighted by Crippen LogP contribution is -1.94. The molecule has 0 atom stereocenters. The maximum Gasteiger partial charge on any atom is 0.168 e. The second-order valence-corrected chi connectivity index (χ2v) is 4.17. The second-order valence-electron chi connectivity index (χ2n) is 3.35. The maximum atomic E-state index is 6.11. The quantitative estimate of drug-likeness (QED) is 0.933. The van der Waals surface area contributed by atoms with Gasteiger partial charge in [0.15, 0.2) is 5.76 Å². The van der Waals surface area contributed by atoms with Crippen LogP contribution in [0.4, 0.5) is 0 Å². The third-order valence-corrected chi connectivity index (χ3v) is 2.88. The average molecular weight is 273 g/mol. The van der Waals surface area contributed by atoms with Gasteiger partial charge < -0.3 is 15.0 Å². The molecule has 1 aromatic heterocycles. The number of nitrogens with zero attached hydrogens (tertiary/aromatic N) is 1. The van der Waals surface area contributed by atoms with E-state index < -0.39 is 0 Å². The van der Waals surface area contributed by atoms with E-state index in [2.05, 4.69) is 5.16 Å². The monoisotopic (exact) mass is 272 g/mol. The van der Waals surface area contributed by atoms with Gasteiger partial charge in [-0.3, -0.25) is 0 Å². The summed E-state index contributed by atoms with van der Waals surface area (Å²) in [5.74, 6) is 1.04.